The van der Waals surface area contributed by atoms with Crippen molar-refractivity contribution in [3.63, 3.8) is 0 Å². The number of amides is 1. The van der Waals surface area contributed by atoms with Crippen LogP contribution in [0.1, 0.15) is 12.8 Å². The fourth-order valence-corrected chi connectivity index (χ4v) is 2.66. The van der Waals surface area contributed by atoms with Crippen LogP contribution >= 0.6 is 11.6 Å². The van der Waals surface area contributed by atoms with Crippen LogP contribution in [0.15, 0.2) is 36.7 Å². The highest BCUT2D eigenvalue weighted by Gasteiger charge is 2.26. The summed E-state index contributed by atoms with van der Waals surface area (Å²) >= 11 is 5.76. The van der Waals surface area contributed by atoms with Crippen molar-refractivity contribution in [2.24, 2.45) is 5.92 Å². The second-order valence-corrected chi connectivity index (χ2v) is 5.62. The molecule has 0 unspecified atom stereocenters. The Labute approximate surface area is 133 Å². The summed E-state index contributed by atoms with van der Waals surface area (Å²) < 4.78 is 0. The number of rotatable bonds is 3. The summed E-state index contributed by atoms with van der Waals surface area (Å²) in [5.41, 5.74) is 0.718. The highest BCUT2D eigenvalue weighted by Crippen LogP contribution is 2.22. The second kappa shape index (κ2) is 6.70. The van der Waals surface area contributed by atoms with Gasteiger partial charge in [-0.3, -0.25) is 9.78 Å². The molecule has 0 spiro atoms. The lowest BCUT2D eigenvalue weighted by Gasteiger charge is -2.32. The van der Waals surface area contributed by atoms with Crippen molar-refractivity contribution >= 4 is 29.0 Å². The molecule has 7 heteroatoms. The highest BCUT2D eigenvalue weighted by molar-refractivity contribution is 6.29. The zero-order valence-electron chi connectivity index (χ0n) is 11.9. The molecule has 2 aromatic rings. The molecule has 0 saturated carbocycles. The molecule has 2 aromatic heterocycles. The number of carbonyl (C=O) groups excluding carboxylic acids is 1. The summed E-state index contributed by atoms with van der Waals surface area (Å²) in [6.07, 6.45) is 5.12. The van der Waals surface area contributed by atoms with E-state index >= 15 is 0 Å². The van der Waals surface area contributed by atoms with E-state index < -0.39 is 0 Å². The number of anilines is 2. The molecule has 1 fully saturated rings. The van der Waals surface area contributed by atoms with Crippen LogP contribution in [0.4, 0.5) is 11.5 Å². The monoisotopic (exact) mass is 317 g/mol. The van der Waals surface area contributed by atoms with Crippen molar-refractivity contribution in [3.8, 4) is 0 Å². The van der Waals surface area contributed by atoms with Crippen LogP contribution in [-0.4, -0.2) is 34.2 Å². The number of halogens is 1. The van der Waals surface area contributed by atoms with E-state index in [0.717, 1.165) is 30.9 Å². The van der Waals surface area contributed by atoms with Crippen LogP contribution in [0, 0.1) is 5.92 Å². The first kappa shape index (κ1) is 14.7. The minimum Gasteiger partial charge on any atom is -0.354 e. The highest BCUT2D eigenvalue weighted by atomic mass is 35.5. The van der Waals surface area contributed by atoms with Crippen molar-refractivity contribution in [1.82, 2.24) is 15.2 Å². The summed E-state index contributed by atoms with van der Waals surface area (Å²) in [7, 11) is 0. The van der Waals surface area contributed by atoms with Crippen molar-refractivity contribution in [1.29, 1.82) is 0 Å². The molecule has 1 amide bonds. The van der Waals surface area contributed by atoms with Crippen molar-refractivity contribution in [3.05, 3.63) is 41.8 Å². The normalized spacial score (nSPS) is 18.0. The molecular formula is C15H16ClN5O. The van der Waals surface area contributed by atoms with E-state index in [0.29, 0.717) is 11.7 Å². The predicted molar refractivity (Wildman–Crippen MR) is 84.8 cm³/mol. The zero-order valence-corrected chi connectivity index (χ0v) is 12.7. The maximum Gasteiger partial charge on any atom is 0.229 e. The molecule has 3 heterocycles. The van der Waals surface area contributed by atoms with Crippen LogP contribution in [-0.2, 0) is 4.79 Å². The van der Waals surface area contributed by atoms with E-state index in [1.54, 1.807) is 24.5 Å². The summed E-state index contributed by atoms with van der Waals surface area (Å²) in [5, 5.41) is 11.2. The van der Waals surface area contributed by atoms with Crippen LogP contribution < -0.4 is 10.2 Å². The molecule has 0 bridgehead atoms. The number of carbonyl (C=O) groups is 1. The van der Waals surface area contributed by atoms with Crippen LogP contribution in [0.5, 0.6) is 0 Å². The Balaban J connectivity index is 1.65. The van der Waals surface area contributed by atoms with Gasteiger partial charge in [-0.25, -0.2) is 0 Å². The molecule has 1 N–H and O–H groups in total. The molecule has 0 aromatic carbocycles. The number of aromatic nitrogens is 3. The van der Waals surface area contributed by atoms with E-state index in [9.17, 15) is 4.79 Å². The summed E-state index contributed by atoms with van der Waals surface area (Å²) in [6.45, 7) is 1.50. The Morgan fingerprint density at radius 3 is 2.95 bits per heavy atom. The average Bonchev–Trinajstić information content (AvgIpc) is 2.56. The Bertz CT molecular complexity index is 634. The number of hydrogen-bond donors (Lipinski definition) is 1. The van der Waals surface area contributed by atoms with Gasteiger partial charge in [0.25, 0.3) is 0 Å². The van der Waals surface area contributed by atoms with Crippen LogP contribution in [0.3, 0.4) is 0 Å². The molecule has 22 heavy (non-hydrogen) atoms. The number of pyridine rings is 1. The second-order valence-electron chi connectivity index (χ2n) is 5.23. The number of nitrogens with zero attached hydrogens (tertiary/aromatic N) is 4. The standard InChI is InChI=1S/C15H16ClN5O/c16-13-5-6-14(20-19-13)21-8-2-3-11(10-21)15(22)18-12-4-1-7-17-9-12/h1,4-7,9,11H,2-3,8,10H2,(H,18,22)/t11-/m0/s1. The molecule has 0 aliphatic carbocycles. The van der Waals surface area contributed by atoms with Crippen molar-refractivity contribution in [2.75, 3.05) is 23.3 Å². The van der Waals surface area contributed by atoms with Gasteiger partial charge in [-0.1, -0.05) is 11.6 Å². The SMILES string of the molecule is O=C(Nc1cccnc1)[C@H]1CCCN(c2ccc(Cl)nn2)C1. The average molecular weight is 318 g/mol. The van der Waals surface area contributed by atoms with Gasteiger partial charge in [0.1, 0.15) is 0 Å². The zero-order chi connectivity index (χ0) is 15.4. The Morgan fingerprint density at radius 1 is 1.32 bits per heavy atom. The van der Waals surface area contributed by atoms with Gasteiger partial charge < -0.3 is 10.2 Å². The summed E-state index contributed by atoms with van der Waals surface area (Å²) in [5.74, 6) is 0.689. The molecule has 1 saturated heterocycles. The maximum atomic E-state index is 12.4. The smallest absolute Gasteiger partial charge is 0.229 e. The van der Waals surface area contributed by atoms with E-state index in [-0.39, 0.29) is 11.8 Å². The van der Waals surface area contributed by atoms with E-state index in [1.165, 1.54) is 0 Å². The van der Waals surface area contributed by atoms with Crippen molar-refractivity contribution < 1.29 is 4.79 Å². The molecule has 1 atom stereocenters. The molecule has 1 aliphatic rings. The predicted octanol–water partition coefficient (Wildman–Crippen LogP) is 2.38. The van der Waals surface area contributed by atoms with Crippen molar-refractivity contribution in [2.45, 2.75) is 12.8 Å². The van der Waals surface area contributed by atoms with Gasteiger partial charge in [0.2, 0.25) is 5.91 Å². The van der Waals surface area contributed by atoms with E-state index in [2.05, 4.69) is 25.4 Å². The molecule has 1 aliphatic heterocycles. The quantitative estimate of drug-likeness (QED) is 0.941. The molecule has 6 nitrogen and oxygen atoms in total. The van der Waals surface area contributed by atoms with Gasteiger partial charge in [-0.2, -0.15) is 0 Å². The molecular weight excluding hydrogens is 302 g/mol. The lowest BCUT2D eigenvalue weighted by atomic mass is 9.97. The van der Waals surface area contributed by atoms with Crippen LogP contribution in [0.25, 0.3) is 0 Å². The number of nitrogens with one attached hydrogen (secondary N) is 1. The third kappa shape index (κ3) is 3.51. The van der Waals surface area contributed by atoms with Gasteiger partial charge in [-0.05, 0) is 37.1 Å². The molecule has 114 valence electrons. The minimum atomic E-state index is -0.0774. The number of piperidine rings is 1. The molecule has 0 radical (unpaired) electrons. The lowest BCUT2D eigenvalue weighted by molar-refractivity contribution is -0.120. The third-order valence-corrected chi connectivity index (χ3v) is 3.86. The Kier molecular flexibility index (Phi) is 4.48. The fourth-order valence-electron chi connectivity index (χ4n) is 2.56. The van der Waals surface area contributed by atoms with Gasteiger partial charge in [0.15, 0.2) is 11.0 Å². The Morgan fingerprint density at radius 2 is 2.23 bits per heavy atom. The Hall–Kier alpha value is -2.21. The lowest BCUT2D eigenvalue weighted by Crippen LogP contribution is -2.41. The van der Waals surface area contributed by atoms with Gasteiger partial charge in [0, 0.05) is 19.3 Å². The fraction of sp³-hybridized carbons (Fsp3) is 0.333. The van der Waals surface area contributed by atoms with Gasteiger partial charge in [-0.15, -0.1) is 10.2 Å². The van der Waals surface area contributed by atoms with Crippen LogP contribution in [0.2, 0.25) is 5.15 Å². The summed E-state index contributed by atoms with van der Waals surface area (Å²) in [6, 6.07) is 7.17. The van der Waals surface area contributed by atoms with Gasteiger partial charge in [0.05, 0.1) is 17.8 Å². The first-order chi connectivity index (χ1) is 10.7. The minimum absolute atomic E-state index is 0.0135. The maximum absolute atomic E-state index is 12.4. The first-order valence-electron chi connectivity index (χ1n) is 7.17. The topological polar surface area (TPSA) is 71.0 Å². The van der Waals surface area contributed by atoms with E-state index in [1.807, 2.05) is 12.1 Å². The molecule has 3 rings (SSSR count). The third-order valence-electron chi connectivity index (χ3n) is 3.66. The van der Waals surface area contributed by atoms with E-state index in [4.69, 9.17) is 11.6 Å². The summed E-state index contributed by atoms with van der Waals surface area (Å²) in [4.78, 5) is 18.4. The largest absolute Gasteiger partial charge is 0.354 e. The number of hydrogen-bond acceptors (Lipinski definition) is 5. The first-order valence-corrected chi connectivity index (χ1v) is 7.55. The van der Waals surface area contributed by atoms with Gasteiger partial charge >= 0.3 is 0 Å².